The average Bonchev–Trinajstić information content (AvgIpc) is 3.21. The van der Waals surface area contributed by atoms with Crippen molar-refractivity contribution < 1.29 is 26.4 Å². The first-order chi connectivity index (χ1) is 16.6. The van der Waals surface area contributed by atoms with Gasteiger partial charge in [-0.2, -0.15) is 23.5 Å². The van der Waals surface area contributed by atoms with E-state index in [1.165, 1.54) is 6.07 Å². The summed E-state index contributed by atoms with van der Waals surface area (Å²) in [5, 5.41) is 15.4. The van der Waals surface area contributed by atoms with Gasteiger partial charge in [-0.25, -0.2) is 13.1 Å². The SMILES string of the molecule is Cc1cc(N2CC(S(=O)(=O)c3ccccc3C(F)(F)F)CC2C(=O)NC2(C#N)CC2)n(C(C)(C)C)n1. The third kappa shape index (κ3) is 4.68. The first-order valence-corrected chi connectivity index (χ1v) is 13.1. The maximum atomic E-state index is 13.6. The lowest BCUT2D eigenvalue weighted by molar-refractivity contribution is -0.139. The molecule has 1 aliphatic heterocycles. The Morgan fingerprint density at radius 2 is 1.86 bits per heavy atom. The van der Waals surface area contributed by atoms with Gasteiger partial charge < -0.3 is 10.2 Å². The van der Waals surface area contributed by atoms with Crippen molar-refractivity contribution in [3.8, 4) is 6.07 Å². The van der Waals surface area contributed by atoms with Crippen molar-refractivity contribution in [3.63, 3.8) is 0 Å². The second-order valence-corrected chi connectivity index (χ2v) is 12.7. The number of nitriles is 1. The van der Waals surface area contributed by atoms with Gasteiger partial charge in [-0.05, 0) is 59.1 Å². The lowest BCUT2D eigenvalue weighted by atomic mass is 10.1. The molecule has 2 atom stereocenters. The zero-order valence-electron chi connectivity index (χ0n) is 20.4. The van der Waals surface area contributed by atoms with Gasteiger partial charge >= 0.3 is 6.18 Å². The number of hydrogen-bond acceptors (Lipinski definition) is 6. The Hall–Kier alpha value is -3.07. The van der Waals surface area contributed by atoms with Crippen molar-refractivity contribution in [1.82, 2.24) is 15.1 Å². The Balaban J connectivity index is 1.77. The van der Waals surface area contributed by atoms with Crippen LogP contribution in [0.1, 0.15) is 51.3 Å². The Labute approximate surface area is 208 Å². The molecule has 2 aliphatic rings. The monoisotopic (exact) mass is 523 g/mol. The van der Waals surface area contributed by atoms with Crippen LogP contribution in [0.3, 0.4) is 0 Å². The molecule has 194 valence electrons. The summed E-state index contributed by atoms with van der Waals surface area (Å²) < 4.78 is 69.7. The van der Waals surface area contributed by atoms with Crippen molar-refractivity contribution in [1.29, 1.82) is 5.26 Å². The molecule has 0 bridgehead atoms. The van der Waals surface area contributed by atoms with Gasteiger partial charge in [0.25, 0.3) is 0 Å². The number of sulfone groups is 1. The van der Waals surface area contributed by atoms with Crippen LogP contribution < -0.4 is 10.2 Å². The summed E-state index contributed by atoms with van der Waals surface area (Å²) in [6.45, 7) is 7.26. The Morgan fingerprint density at radius 3 is 2.42 bits per heavy atom. The van der Waals surface area contributed by atoms with Gasteiger partial charge in [0.05, 0.1) is 33.0 Å². The molecule has 2 unspecified atom stereocenters. The number of rotatable bonds is 5. The van der Waals surface area contributed by atoms with Gasteiger partial charge in [0, 0.05) is 12.6 Å². The van der Waals surface area contributed by atoms with Gasteiger partial charge in [-0.3, -0.25) is 4.79 Å². The van der Waals surface area contributed by atoms with Crippen LogP contribution in [-0.4, -0.2) is 47.5 Å². The third-order valence-corrected chi connectivity index (χ3v) is 8.76. The van der Waals surface area contributed by atoms with Crippen LogP contribution in [0.2, 0.25) is 0 Å². The molecule has 8 nitrogen and oxygen atoms in total. The molecule has 12 heteroatoms. The lowest BCUT2D eigenvalue weighted by Crippen LogP contribution is -2.48. The van der Waals surface area contributed by atoms with Gasteiger partial charge in [-0.1, -0.05) is 12.1 Å². The molecule has 4 rings (SSSR count). The largest absolute Gasteiger partial charge is 0.417 e. The highest BCUT2D eigenvalue weighted by Gasteiger charge is 2.51. The molecule has 36 heavy (non-hydrogen) atoms. The molecule has 2 fully saturated rings. The first kappa shape index (κ1) is 26.0. The lowest BCUT2D eigenvalue weighted by Gasteiger charge is -2.31. The van der Waals surface area contributed by atoms with Gasteiger partial charge in [-0.15, -0.1) is 0 Å². The Kier molecular flexibility index (Phi) is 6.14. The number of nitrogens with zero attached hydrogens (tertiary/aromatic N) is 4. The number of amides is 1. The van der Waals surface area contributed by atoms with E-state index in [1.54, 1.807) is 22.6 Å². The number of carbonyl (C=O) groups excluding carboxylic acids is 1. The van der Waals surface area contributed by atoms with Crippen LogP contribution in [0.5, 0.6) is 0 Å². The van der Waals surface area contributed by atoms with Crippen molar-refractivity contribution in [2.45, 2.75) is 80.4 Å². The highest BCUT2D eigenvalue weighted by atomic mass is 32.2. The van der Waals surface area contributed by atoms with Crippen LogP contribution in [0.25, 0.3) is 0 Å². The second kappa shape index (κ2) is 8.50. The molecule has 1 N–H and O–H groups in total. The molecule has 2 heterocycles. The highest BCUT2D eigenvalue weighted by molar-refractivity contribution is 7.92. The summed E-state index contributed by atoms with van der Waals surface area (Å²) in [5.74, 6) is -0.0427. The van der Waals surface area contributed by atoms with E-state index in [9.17, 15) is 31.6 Å². The normalized spacial score (nSPS) is 21.8. The summed E-state index contributed by atoms with van der Waals surface area (Å²) in [5.41, 5.74) is -2.10. The number of nitrogens with one attached hydrogen (secondary N) is 1. The number of carbonyl (C=O) groups is 1. The van der Waals surface area contributed by atoms with Gasteiger partial charge in [0.15, 0.2) is 9.84 Å². The van der Waals surface area contributed by atoms with E-state index in [1.807, 2.05) is 20.8 Å². The molecule has 1 amide bonds. The molecular formula is C24H28F3N5O3S. The van der Waals surface area contributed by atoms with Crippen LogP contribution in [-0.2, 0) is 26.3 Å². The van der Waals surface area contributed by atoms with E-state index in [-0.39, 0.29) is 13.0 Å². The Bertz CT molecular complexity index is 1330. The maximum Gasteiger partial charge on any atom is 0.417 e. The van der Waals surface area contributed by atoms with E-state index in [2.05, 4.69) is 16.5 Å². The van der Waals surface area contributed by atoms with Crippen molar-refractivity contribution in [2.24, 2.45) is 0 Å². The number of aromatic nitrogens is 2. The summed E-state index contributed by atoms with van der Waals surface area (Å²) in [6.07, 6.45) is -4.11. The van der Waals surface area contributed by atoms with Crippen molar-refractivity contribution >= 4 is 21.6 Å². The standard InChI is InChI=1S/C24H28F3N5O3S/c1-15-11-20(32(30-15)22(2,3)4)31-13-16(12-18(31)21(33)29-23(14-28)9-10-23)36(34,35)19-8-6-5-7-17(19)24(25,26)27/h5-8,11,16,18H,9-10,12-13H2,1-4H3,(H,29,33). The van der Waals surface area contributed by atoms with Crippen molar-refractivity contribution in [2.75, 3.05) is 11.4 Å². The quantitative estimate of drug-likeness (QED) is 0.642. The zero-order valence-corrected chi connectivity index (χ0v) is 21.2. The fourth-order valence-electron chi connectivity index (χ4n) is 4.55. The molecule has 1 saturated heterocycles. The second-order valence-electron chi connectivity index (χ2n) is 10.5. The molecular weight excluding hydrogens is 495 g/mol. The minimum Gasteiger partial charge on any atom is -0.343 e. The highest BCUT2D eigenvalue weighted by Crippen LogP contribution is 2.40. The molecule has 1 aliphatic carbocycles. The maximum absolute atomic E-state index is 13.6. The zero-order chi connectivity index (χ0) is 26.7. The predicted molar refractivity (Wildman–Crippen MR) is 126 cm³/mol. The smallest absolute Gasteiger partial charge is 0.343 e. The summed E-state index contributed by atoms with van der Waals surface area (Å²) in [7, 11) is -4.47. The van der Waals surface area contributed by atoms with E-state index >= 15 is 0 Å². The van der Waals surface area contributed by atoms with Crippen LogP contribution >= 0.6 is 0 Å². The molecule has 1 saturated carbocycles. The minimum absolute atomic E-state index is 0.201. The fourth-order valence-corrected chi connectivity index (χ4v) is 6.46. The van der Waals surface area contributed by atoms with E-state index in [0.717, 1.165) is 18.2 Å². The number of anilines is 1. The van der Waals surface area contributed by atoms with E-state index in [4.69, 9.17) is 0 Å². The Morgan fingerprint density at radius 1 is 1.22 bits per heavy atom. The molecule has 1 aromatic heterocycles. The number of alkyl halides is 3. The number of halogens is 3. The van der Waals surface area contributed by atoms with Gasteiger partial charge in [0.1, 0.15) is 17.4 Å². The van der Waals surface area contributed by atoms with E-state index < -0.39 is 54.7 Å². The minimum atomic E-state index is -4.86. The van der Waals surface area contributed by atoms with Crippen LogP contribution in [0, 0.1) is 18.3 Å². The summed E-state index contributed by atoms with van der Waals surface area (Å²) in [6, 6.07) is 6.88. The van der Waals surface area contributed by atoms with Crippen molar-refractivity contribution in [3.05, 3.63) is 41.6 Å². The summed E-state index contributed by atoms with van der Waals surface area (Å²) >= 11 is 0. The number of aryl methyl sites for hydroxylation is 1. The molecule has 2 aromatic rings. The van der Waals surface area contributed by atoms with E-state index in [0.29, 0.717) is 24.4 Å². The topological polar surface area (TPSA) is 108 Å². The van der Waals surface area contributed by atoms with Crippen LogP contribution in [0.15, 0.2) is 35.2 Å². The fraction of sp³-hybridized carbons (Fsp3) is 0.542. The van der Waals surface area contributed by atoms with Gasteiger partial charge in [0.2, 0.25) is 5.91 Å². The van der Waals surface area contributed by atoms with Crippen LogP contribution in [0.4, 0.5) is 19.0 Å². The summed E-state index contributed by atoms with van der Waals surface area (Å²) in [4.78, 5) is 14.1. The first-order valence-electron chi connectivity index (χ1n) is 11.6. The number of benzene rings is 1. The average molecular weight is 524 g/mol. The third-order valence-electron chi connectivity index (χ3n) is 6.57. The number of hydrogen-bond donors (Lipinski definition) is 1. The molecule has 0 spiro atoms. The molecule has 0 radical (unpaired) electrons. The predicted octanol–water partition coefficient (Wildman–Crippen LogP) is 3.56. The molecule has 1 aromatic carbocycles.